The van der Waals surface area contributed by atoms with Crippen LogP contribution in [0.4, 0.5) is 17.6 Å². The summed E-state index contributed by atoms with van der Waals surface area (Å²) in [5, 5.41) is 22.6. The van der Waals surface area contributed by atoms with Gasteiger partial charge in [0.05, 0.1) is 5.57 Å². The van der Waals surface area contributed by atoms with E-state index in [9.17, 15) is 27.2 Å². The molecule has 250 valence electrons. The third-order valence-corrected chi connectivity index (χ3v) is 7.25. The monoisotopic (exact) mass is 678 g/mol. The molecule has 6 rings (SSSR count). The molecule has 0 atom stereocenters. The predicted molar refractivity (Wildman–Crippen MR) is 176 cm³/mol. The number of rotatable bonds is 9. The number of tetrazole rings is 2. The van der Waals surface area contributed by atoms with Crippen LogP contribution in [-0.2, 0) is 23.7 Å². The molecule has 0 aliphatic carbocycles. The second-order valence-electron chi connectivity index (χ2n) is 10.5. The fourth-order valence-corrected chi connectivity index (χ4v) is 4.97. The van der Waals surface area contributed by atoms with E-state index in [1.165, 1.54) is 64.0 Å². The molecule has 4 aromatic carbocycles. The Hall–Kier alpha value is -6.70. The van der Waals surface area contributed by atoms with Crippen molar-refractivity contribution in [3.05, 3.63) is 166 Å². The van der Waals surface area contributed by atoms with Gasteiger partial charge in [0.1, 0.15) is 29.6 Å². The summed E-state index contributed by atoms with van der Waals surface area (Å²) < 4.78 is 56.1. The van der Waals surface area contributed by atoms with Gasteiger partial charge < -0.3 is 0 Å². The summed E-state index contributed by atoms with van der Waals surface area (Å²) in [5.74, 6) is -0.884. The highest BCUT2D eigenvalue weighted by Crippen LogP contribution is 2.33. The highest BCUT2D eigenvalue weighted by Gasteiger charge is 2.19. The number of nitrogens with zero attached hydrogens (tertiary/aromatic N) is 8. The summed E-state index contributed by atoms with van der Waals surface area (Å²) in [6.07, 6.45) is 4.16. The van der Waals surface area contributed by atoms with E-state index in [4.69, 9.17) is 0 Å². The largest absolute Gasteiger partial charge is 0.299 e. The minimum absolute atomic E-state index is 0.223. The molecule has 0 aliphatic heterocycles. The summed E-state index contributed by atoms with van der Waals surface area (Å²) in [7, 11) is 3.27. The van der Waals surface area contributed by atoms with Crippen LogP contribution in [0.3, 0.4) is 0 Å². The molecular weight excluding hydrogens is 652 g/mol. The predicted octanol–water partition coefficient (Wildman–Crippen LogP) is 5.85. The van der Waals surface area contributed by atoms with Crippen molar-refractivity contribution in [1.29, 1.82) is 0 Å². The fraction of sp³-hybridized carbons (Fsp3) is 0.0556. The van der Waals surface area contributed by atoms with Crippen molar-refractivity contribution in [2.24, 2.45) is 14.1 Å². The maximum absolute atomic E-state index is 13.4. The van der Waals surface area contributed by atoms with Gasteiger partial charge in [0, 0.05) is 25.2 Å². The Morgan fingerprint density at radius 3 is 1.12 bits per heavy atom. The average Bonchev–Trinajstić information content (AvgIpc) is 3.75. The number of aldehydes is 2. The minimum Gasteiger partial charge on any atom is -0.299 e. The zero-order chi connectivity index (χ0) is 35.6. The maximum Gasteiger partial charge on any atom is 0.185 e. The molecule has 0 spiro atoms. The van der Waals surface area contributed by atoms with Gasteiger partial charge in [0.15, 0.2) is 17.9 Å². The summed E-state index contributed by atoms with van der Waals surface area (Å²) in [5.41, 5.74) is 4.42. The summed E-state index contributed by atoms with van der Waals surface area (Å²) in [6, 6.07) is 23.1. The normalized spacial score (nSPS) is 10.7. The summed E-state index contributed by atoms with van der Waals surface area (Å²) >= 11 is 0. The first-order valence-electron chi connectivity index (χ1n) is 14.7. The number of hydrogen-bond acceptors (Lipinski definition) is 8. The molecule has 2 aromatic heterocycles. The van der Waals surface area contributed by atoms with Crippen molar-refractivity contribution in [2.75, 3.05) is 0 Å². The summed E-state index contributed by atoms with van der Waals surface area (Å²) in [4.78, 5) is 22.6. The van der Waals surface area contributed by atoms with E-state index in [0.717, 1.165) is 0 Å². The molecule has 0 amide bonds. The van der Waals surface area contributed by atoms with Crippen LogP contribution < -0.4 is 0 Å². The van der Waals surface area contributed by atoms with Crippen LogP contribution >= 0.6 is 0 Å². The molecule has 0 saturated heterocycles. The smallest absolute Gasteiger partial charge is 0.185 e. The molecule has 14 heteroatoms. The number of aryl methyl sites for hydroxylation is 2. The van der Waals surface area contributed by atoms with E-state index in [1.807, 2.05) is 0 Å². The lowest BCUT2D eigenvalue weighted by molar-refractivity contribution is -0.104. The molecule has 0 saturated carbocycles. The lowest BCUT2D eigenvalue weighted by Crippen LogP contribution is -2.04. The summed E-state index contributed by atoms with van der Waals surface area (Å²) in [6.45, 7) is 0. The zero-order valence-electron chi connectivity index (χ0n) is 26.5. The first-order chi connectivity index (χ1) is 24.2. The van der Waals surface area contributed by atoms with Gasteiger partial charge in [-0.2, -0.15) is 0 Å². The van der Waals surface area contributed by atoms with Crippen molar-refractivity contribution in [3.63, 3.8) is 0 Å². The van der Waals surface area contributed by atoms with Crippen molar-refractivity contribution in [2.45, 2.75) is 0 Å². The van der Waals surface area contributed by atoms with Crippen LogP contribution in [0, 0.1) is 23.3 Å². The molecule has 10 nitrogen and oxygen atoms in total. The van der Waals surface area contributed by atoms with Crippen LogP contribution in [0.2, 0.25) is 0 Å². The third-order valence-electron chi connectivity index (χ3n) is 7.25. The van der Waals surface area contributed by atoms with Crippen molar-refractivity contribution in [3.8, 4) is 0 Å². The van der Waals surface area contributed by atoms with Crippen LogP contribution in [0.15, 0.2) is 109 Å². The molecule has 0 bridgehead atoms. The Labute approximate surface area is 282 Å². The molecule has 0 fully saturated rings. The van der Waals surface area contributed by atoms with E-state index in [0.29, 0.717) is 57.4 Å². The van der Waals surface area contributed by atoms with Crippen LogP contribution in [0.1, 0.15) is 33.9 Å². The van der Waals surface area contributed by atoms with Crippen LogP contribution in [0.5, 0.6) is 0 Å². The number of carbonyl (C=O) groups is 2. The number of aromatic nitrogens is 8. The van der Waals surface area contributed by atoms with Gasteiger partial charge >= 0.3 is 0 Å². The van der Waals surface area contributed by atoms with Gasteiger partial charge in [-0.1, -0.05) is 48.5 Å². The van der Waals surface area contributed by atoms with Gasteiger partial charge in [-0.15, -0.1) is 10.2 Å². The van der Waals surface area contributed by atoms with Crippen molar-refractivity contribution >= 4 is 34.9 Å². The molecule has 6 aromatic rings. The average molecular weight is 679 g/mol. The maximum atomic E-state index is 13.4. The zero-order valence-corrected chi connectivity index (χ0v) is 26.5. The van der Waals surface area contributed by atoms with Gasteiger partial charge in [0.2, 0.25) is 0 Å². The first kappa shape index (κ1) is 34.6. The SMILES string of the molecule is Cn1nnnc1C(C=CC=O)=C(c1ccc(F)cc1)c1ccc(F)cc1.Cn1nnnc1C(C=O)=C(c1ccc(F)cc1)c1ccc(F)cc1. The van der Waals surface area contributed by atoms with Gasteiger partial charge in [-0.3, -0.25) is 9.59 Å². The van der Waals surface area contributed by atoms with Crippen LogP contribution in [-0.4, -0.2) is 53.0 Å². The van der Waals surface area contributed by atoms with E-state index in [-0.39, 0.29) is 23.0 Å². The Morgan fingerprint density at radius 2 is 0.840 bits per heavy atom. The Morgan fingerprint density at radius 1 is 0.520 bits per heavy atom. The van der Waals surface area contributed by atoms with Crippen molar-refractivity contribution < 1.29 is 27.2 Å². The highest BCUT2D eigenvalue weighted by molar-refractivity contribution is 6.19. The van der Waals surface area contributed by atoms with Crippen molar-refractivity contribution in [1.82, 2.24) is 40.4 Å². The van der Waals surface area contributed by atoms with Crippen LogP contribution in [0.25, 0.3) is 22.3 Å². The lowest BCUT2D eigenvalue weighted by atomic mass is 9.92. The fourth-order valence-electron chi connectivity index (χ4n) is 4.97. The highest BCUT2D eigenvalue weighted by atomic mass is 19.1. The van der Waals surface area contributed by atoms with E-state index in [1.54, 1.807) is 68.7 Å². The molecule has 0 N–H and O–H groups in total. The van der Waals surface area contributed by atoms with Gasteiger partial charge in [0.25, 0.3) is 0 Å². The molecule has 2 heterocycles. The lowest BCUT2D eigenvalue weighted by Gasteiger charge is -2.13. The third kappa shape index (κ3) is 8.05. The quantitative estimate of drug-likeness (QED) is 0.0809. The standard InChI is InChI=1S/C19H14F2N4O.C17H12F2N4O/c1-25-19(22-23-24-25)17(3-2-12-26)18(13-4-8-15(20)9-5-13)14-6-10-16(21)11-7-14;1-23-17(20-21-22-23)15(10-24)16(11-2-6-13(18)7-3-11)12-4-8-14(19)9-5-12/h2-12H,1H3;2-10H,1H3. The number of allylic oxidation sites excluding steroid dienone is 4. The molecule has 0 radical (unpaired) electrons. The number of halogens is 4. The minimum atomic E-state index is -0.398. The first-order valence-corrected chi connectivity index (χ1v) is 14.7. The second-order valence-corrected chi connectivity index (χ2v) is 10.5. The number of hydrogen-bond donors (Lipinski definition) is 0. The van der Waals surface area contributed by atoms with E-state index in [2.05, 4.69) is 31.1 Å². The topological polar surface area (TPSA) is 121 Å². The van der Waals surface area contributed by atoms with Gasteiger partial charge in [-0.25, -0.2) is 26.9 Å². The van der Waals surface area contributed by atoms with E-state index >= 15 is 0 Å². The second kappa shape index (κ2) is 15.9. The number of benzene rings is 4. The Bertz CT molecular complexity index is 2090. The molecule has 50 heavy (non-hydrogen) atoms. The van der Waals surface area contributed by atoms with E-state index < -0.39 is 11.6 Å². The molecule has 0 unspecified atom stereocenters. The number of carbonyl (C=O) groups excluding carboxylic acids is 2. The van der Waals surface area contributed by atoms with Gasteiger partial charge in [-0.05, 0) is 109 Å². The molecular formula is C36H26F4N8O2. The Balaban J connectivity index is 0.000000195. The molecule has 0 aliphatic rings. The Kier molecular flexibility index (Phi) is 11.0.